The first-order valence-corrected chi connectivity index (χ1v) is 4.13. The predicted octanol–water partition coefficient (Wildman–Crippen LogP) is 1.74. The quantitative estimate of drug-likeness (QED) is 0.475. The highest BCUT2D eigenvalue weighted by Crippen LogP contribution is 2.18. The number of aliphatic hydroxyl groups excluding tert-OH is 1. The molecule has 1 rings (SSSR count). The molecule has 0 unspecified atom stereocenters. The van der Waals surface area contributed by atoms with Crippen molar-refractivity contribution in [2.24, 2.45) is 0 Å². The topological polar surface area (TPSA) is 58.5 Å². The summed E-state index contributed by atoms with van der Waals surface area (Å²) < 4.78 is 2.12. The van der Waals surface area contributed by atoms with Gasteiger partial charge in [-0.2, -0.15) is 0 Å². The fourth-order valence-corrected chi connectivity index (χ4v) is 1.87. The monoisotopic (exact) mass is 180 g/mol. The Labute approximate surface area is 70.5 Å². The molecule has 1 saturated heterocycles. The van der Waals surface area contributed by atoms with Crippen molar-refractivity contribution < 1.29 is 5.11 Å². The average Bonchev–Trinajstić information content (AvgIpc) is 2.15. The normalized spacial score (nSPS) is 18.4. The van der Waals surface area contributed by atoms with Crippen molar-refractivity contribution in [1.82, 2.24) is 10.5 Å². The van der Waals surface area contributed by atoms with Gasteiger partial charge in [0, 0.05) is 25.0 Å². The minimum absolute atomic E-state index is 0. The van der Waals surface area contributed by atoms with E-state index in [0.717, 1.165) is 13.1 Å². The average molecular weight is 180 g/mol. The number of nitrogens with zero attached hydrogens (tertiary/aromatic N) is 1. The lowest BCUT2D eigenvalue weighted by Crippen LogP contribution is -2.11. The largest absolute Gasteiger partial charge is 0.493 e. The summed E-state index contributed by atoms with van der Waals surface area (Å²) in [6, 6.07) is 0. The summed E-state index contributed by atoms with van der Waals surface area (Å²) >= 11 is 5.79. The molecule has 3 nitrogen and oxygen atoms in total. The van der Waals surface area contributed by atoms with Crippen molar-refractivity contribution in [1.29, 1.82) is 0 Å². The van der Waals surface area contributed by atoms with Gasteiger partial charge in [-0.05, 0) is 25.1 Å². The van der Waals surface area contributed by atoms with Crippen molar-refractivity contribution in [2.75, 3.05) is 13.1 Å². The van der Waals surface area contributed by atoms with Crippen molar-refractivity contribution in [3.63, 3.8) is 0 Å². The zero-order valence-corrected chi connectivity index (χ0v) is 7.38. The van der Waals surface area contributed by atoms with E-state index in [2.05, 4.69) is 16.5 Å². The van der Waals surface area contributed by atoms with Crippen LogP contribution >= 0.6 is 24.2 Å². The Morgan fingerprint density at radius 2 is 1.90 bits per heavy atom. The van der Waals surface area contributed by atoms with Crippen LogP contribution in [0.15, 0.2) is 0 Å². The molecule has 0 amide bonds. The SMILES string of the molecule is N.OC(=S)SN1CCCC1. The molecule has 60 valence electrons. The molecule has 1 fully saturated rings. The number of hydrogen-bond donors (Lipinski definition) is 2. The fourth-order valence-electron chi connectivity index (χ4n) is 0.890. The molecule has 1 aliphatic rings. The third-order valence-electron chi connectivity index (χ3n) is 1.27. The minimum Gasteiger partial charge on any atom is -0.493 e. The van der Waals surface area contributed by atoms with Gasteiger partial charge in [-0.25, -0.2) is 4.31 Å². The van der Waals surface area contributed by atoms with Crippen LogP contribution < -0.4 is 6.15 Å². The summed E-state index contributed by atoms with van der Waals surface area (Å²) in [5.74, 6) is 0. The standard InChI is InChI=1S/C5H9NOS2.H3N/c7-5(8)9-6-3-1-2-4-6;/h1-4H2,(H,7,8);1H3. The van der Waals surface area contributed by atoms with E-state index in [0.29, 0.717) is 0 Å². The molecule has 10 heavy (non-hydrogen) atoms. The molecule has 0 saturated carbocycles. The molecule has 0 atom stereocenters. The van der Waals surface area contributed by atoms with Gasteiger partial charge >= 0.3 is 0 Å². The lowest BCUT2D eigenvalue weighted by molar-refractivity contribution is 0.564. The van der Waals surface area contributed by atoms with E-state index in [4.69, 9.17) is 5.11 Å². The van der Waals surface area contributed by atoms with Crippen LogP contribution in [0.2, 0.25) is 0 Å². The van der Waals surface area contributed by atoms with E-state index in [1.165, 1.54) is 24.8 Å². The molecule has 0 aromatic heterocycles. The summed E-state index contributed by atoms with van der Waals surface area (Å²) in [6.45, 7) is 2.12. The summed E-state index contributed by atoms with van der Waals surface area (Å²) in [6.07, 6.45) is 2.46. The van der Waals surface area contributed by atoms with Gasteiger partial charge in [0.2, 0.25) is 4.38 Å². The predicted molar refractivity (Wildman–Crippen MR) is 48.6 cm³/mol. The van der Waals surface area contributed by atoms with Gasteiger partial charge in [0.1, 0.15) is 0 Å². The van der Waals surface area contributed by atoms with Crippen molar-refractivity contribution in [3.05, 3.63) is 0 Å². The van der Waals surface area contributed by atoms with Crippen LogP contribution in [0, 0.1) is 0 Å². The Bertz CT molecular complexity index is 114. The van der Waals surface area contributed by atoms with E-state index in [9.17, 15) is 0 Å². The van der Waals surface area contributed by atoms with Gasteiger partial charge in [-0.15, -0.1) is 0 Å². The van der Waals surface area contributed by atoms with E-state index in [1.807, 2.05) is 0 Å². The molecule has 0 bridgehead atoms. The lowest BCUT2D eigenvalue weighted by Gasteiger charge is -2.09. The fraction of sp³-hybridized carbons (Fsp3) is 0.800. The molecule has 0 aromatic rings. The summed E-state index contributed by atoms with van der Waals surface area (Å²) in [5, 5.41) is 8.67. The zero-order valence-electron chi connectivity index (χ0n) is 5.75. The number of rotatable bonds is 1. The van der Waals surface area contributed by atoms with Crippen LogP contribution in [-0.2, 0) is 0 Å². The first-order chi connectivity index (χ1) is 4.29. The third-order valence-corrected chi connectivity index (χ3v) is 2.28. The van der Waals surface area contributed by atoms with Gasteiger partial charge in [0.05, 0.1) is 0 Å². The Balaban J connectivity index is 0.000000810. The second-order valence-electron chi connectivity index (χ2n) is 1.99. The maximum absolute atomic E-state index is 8.67. The van der Waals surface area contributed by atoms with E-state index < -0.39 is 0 Å². The number of aliphatic hydroxyl groups is 1. The Morgan fingerprint density at radius 1 is 1.40 bits per heavy atom. The smallest absolute Gasteiger partial charge is 0.233 e. The highest BCUT2D eigenvalue weighted by Gasteiger charge is 2.12. The van der Waals surface area contributed by atoms with Crippen molar-refractivity contribution in [3.8, 4) is 0 Å². The first kappa shape index (κ1) is 10.2. The van der Waals surface area contributed by atoms with Crippen molar-refractivity contribution in [2.45, 2.75) is 12.8 Å². The molecule has 0 spiro atoms. The van der Waals surface area contributed by atoms with E-state index in [-0.39, 0.29) is 10.5 Å². The Morgan fingerprint density at radius 3 is 2.30 bits per heavy atom. The van der Waals surface area contributed by atoms with Crippen molar-refractivity contribution >= 4 is 28.5 Å². The zero-order chi connectivity index (χ0) is 6.69. The van der Waals surface area contributed by atoms with Crippen LogP contribution in [-0.4, -0.2) is 26.9 Å². The molecule has 0 radical (unpaired) electrons. The maximum atomic E-state index is 8.67. The minimum atomic E-state index is 0. The molecule has 1 aliphatic heterocycles. The van der Waals surface area contributed by atoms with E-state index in [1.54, 1.807) is 0 Å². The van der Waals surface area contributed by atoms with Gasteiger partial charge in [0.15, 0.2) is 0 Å². The Kier molecular flexibility index (Phi) is 4.98. The highest BCUT2D eigenvalue weighted by atomic mass is 32.2. The van der Waals surface area contributed by atoms with E-state index >= 15 is 0 Å². The first-order valence-electron chi connectivity index (χ1n) is 2.95. The second-order valence-corrected chi connectivity index (χ2v) is 3.72. The maximum Gasteiger partial charge on any atom is 0.233 e. The van der Waals surface area contributed by atoms with Gasteiger partial charge < -0.3 is 11.3 Å². The molecule has 1 heterocycles. The molecular formula is C5H12N2OS2. The highest BCUT2D eigenvalue weighted by molar-refractivity contribution is 8.20. The van der Waals surface area contributed by atoms with Crippen LogP contribution in [0.5, 0.6) is 0 Å². The van der Waals surface area contributed by atoms with Gasteiger partial charge in [-0.3, -0.25) is 0 Å². The second kappa shape index (κ2) is 4.90. The molecule has 5 heteroatoms. The van der Waals surface area contributed by atoms with Gasteiger partial charge in [-0.1, -0.05) is 0 Å². The van der Waals surface area contributed by atoms with Gasteiger partial charge in [0.25, 0.3) is 0 Å². The molecule has 0 aromatic carbocycles. The lowest BCUT2D eigenvalue weighted by atomic mass is 10.4. The van der Waals surface area contributed by atoms with Crippen LogP contribution in [0.1, 0.15) is 12.8 Å². The Hall–Kier alpha value is 0.160. The molecular weight excluding hydrogens is 168 g/mol. The van der Waals surface area contributed by atoms with Crippen LogP contribution in [0.4, 0.5) is 0 Å². The molecule has 4 N–H and O–H groups in total. The summed E-state index contributed by atoms with van der Waals surface area (Å²) in [7, 11) is 0. The molecule has 0 aliphatic carbocycles. The number of thiocarbonyl (C=S) groups is 1. The van der Waals surface area contributed by atoms with Crippen LogP contribution in [0.3, 0.4) is 0 Å². The summed E-state index contributed by atoms with van der Waals surface area (Å²) in [5.41, 5.74) is 0. The summed E-state index contributed by atoms with van der Waals surface area (Å²) in [4.78, 5) is 0. The third kappa shape index (κ3) is 3.36. The number of hydrogen-bond acceptors (Lipinski definition) is 4. The van der Waals surface area contributed by atoms with Crippen LogP contribution in [0.25, 0.3) is 0 Å².